The standard InChI is InChI=1S/C23H23N3O4S2/c1-17-11-13-18(14-12-17)23-16-22(19-7-6-8-20(15-19)25-31(2,27)28)24-26(23)32(29,30)21-9-4-3-5-10-21/h3-15,23,25H,16H2,1-2H3/t23-/m1/s1. The predicted molar refractivity (Wildman–Crippen MR) is 125 cm³/mol. The third kappa shape index (κ3) is 4.68. The molecule has 1 heterocycles. The van der Waals surface area contributed by atoms with Crippen LogP contribution in [0.4, 0.5) is 5.69 Å². The number of nitrogens with one attached hydrogen (secondary N) is 1. The van der Waals surface area contributed by atoms with E-state index in [1.165, 1.54) is 4.41 Å². The van der Waals surface area contributed by atoms with Crippen LogP contribution in [0.2, 0.25) is 0 Å². The first kappa shape index (κ1) is 22.0. The van der Waals surface area contributed by atoms with Gasteiger partial charge in [0.1, 0.15) is 0 Å². The SMILES string of the molecule is Cc1ccc([C@H]2CC(c3cccc(NS(C)(=O)=O)c3)=NN2S(=O)(=O)c2ccccc2)cc1. The molecule has 1 aliphatic rings. The van der Waals surface area contributed by atoms with Crippen molar-refractivity contribution in [2.45, 2.75) is 24.3 Å². The van der Waals surface area contributed by atoms with Crippen molar-refractivity contribution < 1.29 is 16.8 Å². The van der Waals surface area contributed by atoms with E-state index in [-0.39, 0.29) is 4.90 Å². The van der Waals surface area contributed by atoms with Gasteiger partial charge in [-0.3, -0.25) is 4.72 Å². The Labute approximate surface area is 188 Å². The fraction of sp³-hybridized carbons (Fsp3) is 0.174. The first-order chi connectivity index (χ1) is 15.1. The minimum absolute atomic E-state index is 0.162. The molecule has 0 unspecified atom stereocenters. The predicted octanol–water partition coefficient (Wildman–Crippen LogP) is 3.91. The van der Waals surface area contributed by atoms with Crippen LogP contribution in [0.1, 0.15) is 29.2 Å². The normalized spacial score (nSPS) is 16.6. The lowest BCUT2D eigenvalue weighted by atomic mass is 9.98. The number of rotatable bonds is 6. The highest BCUT2D eigenvalue weighted by Gasteiger charge is 2.37. The number of hydrogen-bond acceptors (Lipinski definition) is 5. The van der Waals surface area contributed by atoms with Crippen LogP contribution in [0.3, 0.4) is 0 Å². The topological polar surface area (TPSA) is 95.9 Å². The fourth-order valence-corrected chi connectivity index (χ4v) is 5.61. The van der Waals surface area contributed by atoms with Gasteiger partial charge < -0.3 is 0 Å². The molecule has 0 aromatic heterocycles. The highest BCUT2D eigenvalue weighted by atomic mass is 32.2. The van der Waals surface area contributed by atoms with Gasteiger partial charge in [0.15, 0.2) is 0 Å². The van der Waals surface area contributed by atoms with E-state index in [4.69, 9.17) is 0 Å². The Morgan fingerprint density at radius 2 is 1.59 bits per heavy atom. The van der Waals surface area contributed by atoms with Gasteiger partial charge in [0, 0.05) is 12.1 Å². The number of hydrogen-bond donors (Lipinski definition) is 1. The zero-order chi connectivity index (χ0) is 22.9. The van der Waals surface area contributed by atoms with Crippen LogP contribution in [-0.2, 0) is 20.0 Å². The maximum Gasteiger partial charge on any atom is 0.279 e. The van der Waals surface area contributed by atoms with E-state index < -0.39 is 26.1 Å². The summed E-state index contributed by atoms with van der Waals surface area (Å²) in [6.45, 7) is 1.97. The third-order valence-corrected chi connectivity index (χ3v) is 7.42. The summed E-state index contributed by atoms with van der Waals surface area (Å²) >= 11 is 0. The number of hydrazone groups is 1. The Morgan fingerprint density at radius 3 is 2.25 bits per heavy atom. The molecule has 0 radical (unpaired) electrons. The van der Waals surface area contributed by atoms with E-state index in [1.807, 2.05) is 31.2 Å². The molecule has 0 bridgehead atoms. The van der Waals surface area contributed by atoms with Gasteiger partial charge in [-0.2, -0.15) is 17.9 Å². The number of sulfonamides is 2. The van der Waals surface area contributed by atoms with Crippen molar-refractivity contribution in [3.8, 4) is 0 Å². The summed E-state index contributed by atoms with van der Waals surface area (Å²) in [6, 6.07) is 22.2. The van der Waals surface area contributed by atoms with Gasteiger partial charge in [0.05, 0.1) is 22.9 Å². The molecule has 7 nitrogen and oxygen atoms in total. The summed E-state index contributed by atoms with van der Waals surface area (Å²) in [4.78, 5) is 0.162. The highest BCUT2D eigenvalue weighted by molar-refractivity contribution is 7.92. The molecule has 0 spiro atoms. The minimum atomic E-state index is -3.89. The van der Waals surface area contributed by atoms with E-state index in [0.29, 0.717) is 23.4 Å². The molecule has 3 aromatic rings. The van der Waals surface area contributed by atoms with E-state index >= 15 is 0 Å². The molecule has 1 aliphatic heterocycles. The van der Waals surface area contributed by atoms with Crippen molar-refractivity contribution in [2.24, 2.45) is 5.10 Å². The van der Waals surface area contributed by atoms with Crippen LogP contribution < -0.4 is 4.72 Å². The van der Waals surface area contributed by atoms with E-state index in [2.05, 4.69) is 9.82 Å². The second-order valence-corrected chi connectivity index (χ2v) is 11.3. The summed E-state index contributed by atoms with van der Waals surface area (Å²) < 4.78 is 53.7. The van der Waals surface area contributed by atoms with Crippen LogP contribution in [0.25, 0.3) is 0 Å². The number of aryl methyl sites for hydroxylation is 1. The quantitative estimate of drug-likeness (QED) is 0.592. The molecular formula is C23H23N3O4S2. The molecule has 9 heteroatoms. The summed E-state index contributed by atoms with van der Waals surface area (Å²) in [5.74, 6) is 0. The van der Waals surface area contributed by atoms with E-state index in [9.17, 15) is 16.8 Å². The molecule has 0 saturated heterocycles. The van der Waals surface area contributed by atoms with Gasteiger partial charge in [-0.05, 0) is 42.3 Å². The highest BCUT2D eigenvalue weighted by Crippen LogP contribution is 2.37. The Hall–Kier alpha value is -3.17. The second kappa shape index (κ2) is 8.40. The van der Waals surface area contributed by atoms with Crippen molar-refractivity contribution in [1.29, 1.82) is 0 Å². The average molecular weight is 470 g/mol. The van der Waals surface area contributed by atoms with Crippen molar-refractivity contribution in [3.05, 3.63) is 95.6 Å². The first-order valence-corrected chi connectivity index (χ1v) is 13.3. The molecular weight excluding hydrogens is 446 g/mol. The molecule has 1 atom stereocenters. The van der Waals surface area contributed by atoms with Gasteiger partial charge in [0.2, 0.25) is 10.0 Å². The maximum absolute atomic E-state index is 13.4. The van der Waals surface area contributed by atoms with Gasteiger partial charge in [0.25, 0.3) is 10.0 Å². The Balaban J connectivity index is 1.77. The zero-order valence-corrected chi connectivity index (χ0v) is 19.3. The summed E-state index contributed by atoms with van der Waals surface area (Å²) in [7, 11) is -7.33. The van der Waals surface area contributed by atoms with Gasteiger partial charge in [-0.1, -0.05) is 60.2 Å². The van der Waals surface area contributed by atoms with E-state index in [0.717, 1.165) is 17.4 Å². The Morgan fingerprint density at radius 1 is 0.906 bits per heavy atom. The molecule has 3 aromatic carbocycles. The van der Waals surface area contributed by atoms with Crippen molar-refractivity contribution in [3.63, 3.8) is 0 Å². The van der Waals surface area contributed by atoms with Gasteiger partial charge in [-0.15, -0.1) is 0 Å². The zero-order valence-electron chi connectivity index (χ0n) is 17.6. The number of nitrogens with zero attached hydrogens (tertiary/aromatic N) is 2. The molecule has 0 amide bonds. The summed E-state index contributed by atoms with van der Waals surface area (Å²) in [6.07, 6.45) is 1.44. The van der Waals surface area contributed by atoms with Crippen LogP contribution in [0.15, 0.2) is 88.9 Å². The minimum Gasteiger partial charge on any atom is -0.284 e. The smallest absolute Gasteiger partial charge is 0.279 e. The van der Waals surface area contributed by atoms with Crippen LogP contribution >= 0.6 is 0 Å². The molecule has 32 heavy (non-hydrogen) atoms. The number of anilines is 1. The molecule has 166 valence electrons. The van der Waals surface area contributed by atoms with Gasteiger partial charge >= 0.3 is 0 Å². The number of benzene rings is 3. The van der Waals surface area contributed by atoms with Crippen LogP contribution in [0.5, 0.6) is 0 Å². The third-order valence-electron chi connectivity index (χ3n) is 5.12. The second-order valence-electron chi connectivity index (χ2n) is 7.72. The lowest BCUT2D eigenvalue weighted by Crippen LogP contribution is -2.27. The Bertz CT molecular complexity index is 1370. The summed E-state index contributed by atoms with van der Waals surface area (Å²) in [5, 5.41) is 4.51. The molecule has 4 rings (SSSR count). The molecule has 0 fully saturated rings. The Kier molecular flexibility index (Phi) is 5.79. The monoisotopic (exact) mass is 469 g/mol. The largest absolute Gasteiger partial charge is 0.284 e. The van der Waals surface area contributed by atoms with E-state index in [1.54, 1.807) is 54.6 Å². The van der Waals surface area contributed by atoms with Gasteiger partial charge in [-0.25, -0.2) is 8.42 Å². The lowest BCUT2D eigenvalue weighted by Gasteiger charge is -2.23. The van der Waals surface area contributed by atoms with Crippen molar-refractivity contribution in [1.82, 2.24) is 4.41 Å². The fourth-order valence-electron chi connectivity index (χ4n) is 3.60. The summed E-state index contributed by atoms with van der Waals surface area (Å²) in [5.41, 5.74) is 3.52. The first-order valence-electron chi connectivity index (χ1n) is 9.95. The maximum atomic E-state index is 13.4. The van der Waals surface area contributed by atoms with Crippen LogP contribution in [-0.4, -0.2) is 33.2 Å². The van der Waals surface area contributed by atoms with Crippen LogP contribution in [0, 0.1) is 6.92 Å². The van der Waals surface area contributed by atoms with Crippen molar-refractivity contribution >= 4 is 31.4 Å². The lowest BCUT2D eigenvalue weighted by molar-refractivity contribution is 0.371. The molecule has 1 N–H and O–H groups in total. The molecule has 0 saturated carbocycles. The molecule has 0 aliphatic carbocycles. The average Bonchev–Trinajstić information content (AvgIpc) is 3.20. The van der Waals surface area contributed by atoms with Crippen molar-refractivity contribution in [2.75, 3.05) is 11.0 Å².